The number of likely N-dealkylation sites (N-methyl/N-ethyl adjacent to an activating group) is 1. The Labute approximate surface area is 103 Å². The molecule has 1 aliphatic rings. The summed E-state index contributed by atoms with van der Waals surface area (Å²) in [6.07, 6.45) is 1.75. The molecular formula is C11H23N3OS. The minimum absolute atomic E-state index is 0.160. The fraction of sp³-hybridized carbons (Fsp3) is 0.909. The molecule has 1 heterocycles. The van der Waals surface area contributed by atoms with Gasteiger partial charge in [0.2, 0.25) is 5.91 Å². The van der Waals surface area contributed by atoms with E-state index in [4.69, 9.17) is 5.73 Å². The van der Waals surface area contributed by atoms with Gasteiger partial charge < -0.3 is 10.6 Å². The highest BCUT2D eigenvalue weighted by molar-refractivity contribution is 7.99. The van der Waals surface area contributed by atoms with Crippen molar-refractivity contribution in [3.8, 4) is 0 Å². The first-order chi connectivity index (χ1) is 7.56. The Morgan fingerprint density at radius 1 is 1.50 bits per heavy atom. The Balaban J connectivity index is 2.48. The second kappa shape index (κ2) is 6.47. The molecule has 1 amide bonds. The first-order valence-corrected chi connectivity index (χ1v) is 6.91. The van der Waals surface area contributed by atoms with Crippen LogP contribution in [0.4, 0.5) is 0 Å². The Hall–Kier alpha value is -0.260. The molecule has 94 valence electrons. The lowest BCUT2D eigenvalue weighted by atomic mass is 10.1. The lowest BCUT2D eigenvalue weighted by Crippen LogP contribution is -2.46. The maximum Gasteiger partial charge on any atom is 0.223 e. The van der Waals surface area contributed by atoms with Gasteiger partial charge >= 0.3 is 0 Å². The van der Waals surface area contributed by atoms with E-state index in [2.05, 4.69) is 11.9 Å². The van der Waals surface area contributed by atoms with Crippen molar-refractivity contribution in [2.45, 2.75) is 24.9 Å². The maximum absolute atomic E-state index is 11.7. The zero-order chi connectivity index (χ0) is 12.1. The summed E-state index contributed by atoms with van der Waals surface area (Å²) in [6, 6.07) is 0.770. The van der Waals surface area contributed by atoms with E-state index in [9.17, 15) is 4.79 Å². The van der Waals surface area contributed by atoms with E-state index in [0.29, 0.717) is 19.0 Å². The molecule has 1 aliphatic heterocycles. The molecule has 1 fully saturated rings. The summed E-state index contributed by atoms with van der Waals surface area (Å²) >= 11 is 1.99. The normalized spacial score (nSPS) is 22.4. The van der Waals surface area contributed by atoms with Gasteiger partial charge in [-0.25, -0.2) is 0 Å². The van der Waals surface area contributed by atoms with Gasteiger partial charge in [0.1, 0.15) is 0 Å². The number of amides is 1. The van der Waals surface area contributed by atoms with Crippen LogP contribution in [0.15, 0.2) is 0 Å². The van der Waals surface area contributed by atoms with Gasteiger partial charge in [0.25, 0.3) is 0 Å². The van der Waals surface area contributed by atoms with Crippen LogP contribution in [0.5, 0.6) is 0 Å². The quantitative estimate of drug-likeness (QED) is 0.753. The van der Waals surface area contributed by atoms with E-state index in [1.54, 1.807) is 19.0 Å². The maximum atomic E-state index is 11.7. The van der Waals surface area contributed by atoms with Gasteiger partial charge in [-0.15, -0.1) is 0 Å². The zero-order valence-corrected chi connectivity index (χ0v) is 11.3. The SMILES string of the molecule is CN(C)C(=O)CC(CN)N(C)C1CCSC1. The van der Waals surface area contributed by atoms with Gasteiger partial charge in [0, 0.05) is 44.9 Å². The van der Waals surface area contributed by atoms with E-state index in [-0.39, 0.29) is 11.9 Å². The summed E-state index contributed by atoms with van der Waals surface area (Å²) in [5, 5.41) is 0. The highest BCUT2D eigenvalue weighted by Gasteiger charge is 2.26. The predicted octanol–water partition coefficient (Wildman–Crippen LogP) is 0.229. The Morgan fingerprint density at radius 2 is 2.19 bits per heavy atom. The lowest BCUT2D eigenvalue weighted by molar-refractivity contribution is -0.130. The van der Waals surface area contributed by atoms with Gasteiger partial charge in [-0.2, -0.15) is 11.8 Å². The van der Waals surface area contributed by atoms with E-state index >= 15 is 0 Å². The smallest absolute Gasteiger partial charge is 0.223 e. The zero-order valence-electron chi connectivity index (χ0n) is 10.5. The minimum atomic E-state index is 0.160. The van der Waals surface area contributed by atoms with Gasteiger partial charge in [0.05, 0.1) is 0 Å². The summed E-state index contributed by atoms with van der Waals surface area (Å²) in [7, 11) is 5.68. The molecule has 0 aromatic carbocycles. The highest BCUT2D eigenvalue weighted by atomic mass is 32.2. The minimum Gasteiger partial charge on any atom is -0.349 e. The molecule has 0 spiro atoms. The molecule has 2 N–H and O–H groups in total. The fourth-order valence-electron chi connectivity index (χ4n) is 1.92. The van der Waals surface area contributed by atoms with Crippen molar-refractivity contribution >= 4 is 17.7 Å². The molecule has 0 radical (unpaired) electrons. The summed E-state index contributed by atoms with van der Waals surface area (Å²) in [5.74, 6) is 2.56. The van der Waals surface area contributed by atoms with Crippen molar-refractivity contribution in [3.05, 3.63) is 0 Å². The van der Waals surface area contributed by atoms with Crippen molar-refractivity contribution in [2.24, 2.45) is 5.73 Å². The van der Waals surface area contributed by atoms with Crippen LogP contribution in [0.25, 0.3) is 0 Å². The van der Waals surface area contributed by atoms with Gasteiger partial charge in [0.15, 0.2) is 0 Å². The van der Waals surface area contributed by atoms with Crippen LogP contribution >= 0.6 is 11.8 Å². The molecule has 1 rings (SSSR count). The molecule has 4 nitrogen and oxygen atoms in total. The third kappa shape index (κ3) is 3.64. The number of hydrogen-bond acceptors (Lipinski definition) is 4. The molecule has 0 saturated carbocycles. The predicted molar refractivity (Wildman–Crippen MR) is 69.6 cm³/mol. The number of carbonyl (C=O) groups excluding carboxylic acids is 1. The molecule has 16 heavy (non-hydrogen) atoms. The Kier molecular flexibility index (Phi) is 5.58. The molecule has 5 heteroatoms. The van der Waals surface area contributed by atoms with Crippen LogP contribution in [0, 0.1) is 0 Å². The van der Waals surface area contributed by atoms with Crippen LogP contribution in [0.3, 0.4) is 0 Å². The van der Waals surface area contributed by atoms with E-state index in [1.165, 1.54) is 17.9 Å². The molecular weight excluding hydrogens is 222 g/mol. The van der Waals surface area contributed by atoms with Crippen molar-refractivity contribution in [2.75, 3.05) is 39.2 Å². The van der Waals surface area contributed by atoms with Crippen LogP contribution in [0.1, 0.15) is 12.8 Å². The van der Waals surface area contributed by atoms with Crippen LogP contribution in [-0.4, -0.2) is 67.0 Å². The highest BCUT2D eigenvalue weighted by Crippen LogP contribution is 2.23. The second-order valence-corrected chi connectivity index (χ2v) is 5.71. The molecule has 0 aromatic rings. The van der Waals surface area contributed by atoms with Crippen LogP contribution in [-0.2, 0) is 4.79 Å². The summed E-state index contributed by atoms with van der Waals surface area (Å²) in [4.78, 5) is 15.6. The van der Waals surface area contributed by atoms with Crippen molar-refractivity contribution in [3.63, 3.8) is 0 Å². The fourth-order valence-corrected chi connectivity index (χ4v) is 3.20. The van der Waals surface area contributed by atoms with E-state index in [0.717, 1.165) is 0 Å². The van der Waals surface area contributed by atoms with E-state index < -0.39 is 0 Å². The Morgan fingerprint density at radius 3 is 2.62 bits per heavy atom. The van der Waals surface area contributed by atoms with Crippen LogP contribution in [0.2, 0.25) is 0 Å². The van der Waals surface area contributed by atoms with Crippen molar-refractivity contribution in [1.29, 1.82) is 0 Å². The van der Waals surface area contributed by atoms with Crippen LogP contribution < -0.4 is 5.73 Å². The number of carbonyl (C=O) groups is 1. The average molecular weight is 245 g/mol. The number of nitrogens with two attached hydrogens (primary N) is 1. The summed E-state index contributed by atoms with van der Waals surface area (Å²) in [5.41, 5.74) is 5.77. The largest absolute Gasteiger partial charge is 0.349 e. The van der Waals surface area contributed by atoms with Gasteiger partial charge in [-0.3, -0.25) is 9.69 Å². The molecule has 0 bridgehead atoms. The molecule has 1 saturated heterocycles. The average Bonchev–Trinajstić information content (AvgIpc) is 2.77. The summed E-state index contributed by atoms with van der Waals surface area (Å²) < 4.78 is 0. The lowest BCUT2D eigenvalue weighted by Gasteiger charge is -2.32. The first kappa shape index (κ1) is 13.8. The van der Waals surface area contributed by atoms with Gasteiger partial charge in [-0.05, 0) is 19.2 Å². The third-order valence-corrected chi connectivity index (χ3v) is 4.38. The monoisotopic (exact) mass is 245 g/mol. The number of nitrogens with zero attached hydrogens (tertiary/aromatic N) is 2. The topological polar surface area (TPSA) is 49.6 Å². The molecule has 0 aromatic heterocycles. The summed E-state index contributed by atoms with van der Waals surface area (Å²) in [6.45, 7) is 0.553. The Bertz CT molecular complexity index is 229. The molecule has 2 atom stereocenters. The first-order valence-electron chi connectivity index (χ1n) is 5.76. The molecule has 2 unspecified atom stereocenters. The standard InChI is InChI=1S/C11H23N3OS/c1-13(2)11(15)6-10(7-12)14(3)9-4-5-16-8-9/h9-10H,4-8,12H2,1-3H3. The second-order valence-electron chi connectivity index (χ2n) is 4.56. The molecule has 0 aliphatic carbocycles. The number of thioether (sulfide) groups is 1. The number of rotatable bonds is 5. The number of hydrogen-bond donors (Lipinski definition) is 1. The third-order valence-electron chi connectivity index (χ3n) is 3.24. The van der Waals surface area contributed by atoms with Gasteiger partial charge in [-0.1, -0.05) is 0 Å². The van der Waals surface area contributed by atoms with Crippen molar-refractivity contribution < 1.29 is 4.79 Å². The van der Waals surface area contributed by atoms with Crippen molar-refractivity contribution in [1.82, 2.24) is 9.80 Å². The van der Waals surface area contributed by atoms with E-state index in [1.807, 2.05) is 11.8 Å².